The van der Waals surface area contributed by atoms with Gasteiger partial charge in [-0.2, -0.15) is 0 Å². The molecular formula is C15H26N2O. The molecule has 0 saturated carbocycles. The molecule has 0 aliphatic carbocycles. The molecule has 0 amide bonds. The lowest BCUT2D eigenvalue weighted by Gasteiger charge is -2.24. The van der Waals surface area contributed by atoms with E-state index in [0.717, 1.165) is 32.7 Å². The predicted octanol–water partition coefficient (Wildman–Crippen LogP) is 2.75. The fraction of sp³-hybridized carbons (Fsp3) is 0.600. The molecule has 3 nitrogen and oxygen atoms in total. The molecule has 1 aromatic carbocycles. The van der Waals surface area contributed by atoms with Gasteiger partial charge in [0.1, 0.15) is 0 Å². The highest BCUT2D eigenvalue weighted by atomic mass is 16.5. The first-order chi connectivity index (χ1) is 8.64. The van der Waals surface area contributed by atoms with Crippen LogP contribution in [0.3, 0.4) is 0 Å². The second kappa shape index (κ2) is 8.11. The van der Waals surface area contributed by atoms with Gasteiger partial charge in [0.05, 0.1) is 0 Å². The maximum absolute atomic E-state index is 5.12. The van der Waals surface area contributed by atoms with E-state index in [1.807, 2.05) is 18.2 Å². The summed E-state index contributed by atoms with van der Waals surface area (Å²) in [7, 11) is 1.76. The number of benzene rings is 1. The van der Waals surface area contributed by atoms with Crippen LogP contribution in [0.5, 0.6) is 0 Å². The Hall–Kier alpha value is -1.06. The Labute approximate surface area is 111 Å². The maximum Gasteiger partial charge on any atom is 0.0467 e. The minimum atomic E-state index is 0.294. The lowest BCUT2D eigenvalue weighted by atomic mass is 9.90. The van der Waals surface area contributed by atoms with Gasteiger partial charge < -0.3 is 15.4 Å². The monoisotopic (exact) mass is 250 g/mol. The third-order valence-corrected chi connectivity index (χ3v) is 2.99. The van der Waals surface area contributed by atoms with Gasteiger partial charge in [-0.3, -0.25) is 0 Å². The minimum absolute atomic E-state index is 0.294. The Balaban J connectivity index is 2.08. The van der Waals surface area contributed by atoms with Crippen molar-refractivity contribution in [3.05, 3.63) is 30.3 Å². The van der Waals surface area contributed by atoms with Crippen LogP contribution in [-0.4, -0.2) is 33.4 Å². The molecule has 1 aromatic rings. The summed E-state index contributed by atoms with van der Waals surface area (Å²) < 4.78 is 5.12. The number of nitrogens with one attached hydrogen (secondary N) is 2. The molecule has 0 radical (unpaired) electrons. The predicted molar refractivity (Wildman–Crippen MR) is 78.1 cm³/mol. The Kier molecular flexibility index (Phi) is 6.76. The molecule has 18 heavy (non-hydrogen) atoms. The maximum atomic E-state index is 5.12. The number of methoxy groups -OCH3 is 1. The number of anilines is 1. The topological polar surface area (TPSA) is 33.3 Å². The van der Waals surface area contributed by atoms with Crippen molar-refractivity contribution in [2.24, 2.45) is 5.41 Å². The van der Waals surface area contributed by atoms with Crippen molar-refractivity contribution in [3.8, 4) is 0 Å². The van der Waals surface area contributed by atoms with Gasteiger partial charge in [-0.25, -0.2) is 0 Å². The normalized spacial score (nSPS) is 11.5. The summed E-state index contributed by atoms with van der Waals surface area (Å²) in [5.74, 6) is 0. The van der Waals surface area contributed by atoms with E-state index in [9.17, 15) is 0 Å². The molecule has 3 heteroatoms. The Morgan fingerprint density at radius 2 is 1.83 bits per heavy atom. The molecule has 1 rings (SSSR count). The summed E-state index contributed by atoms with van der Waals surface area (Å²) in [4.78, 5) is 0. The molecule has 0 heterocycles. The van der Waals surface area contributed by atoms with Gasteiger partial charge in [-0.1, -0.05) is 32.0 Å². The summed E-state index contributed by atoms with van der Waals surface area (Å²) in [5, 5.41) is 6.87. The van der Waals surface area contributed by atoms with Gasteiger partial charge in [0.25, 0.3) is 0 Å². The van der Waals surface area contributed by atoms with Crippen molar-refractivity contribution in [3.63, 3.8) is 0 Å². The minimum Gasteiger partial charge on any atom is -0.385 e. The van der Waals surface area contributed by atoms with Crippen molar-refractivity contribution >= 4 is 5.69 Å². The first-order valence-corrected chi connectivity index (χ1v) is 6.63. The lowest BCUT2D eigenvalue weighted by Crippen LogP contribution is -2.33. The van der Waals surface area contributed by atoms with Gasteiger partial charge in [-0.15, -0.1) is 0 Å². The third kappa shape index (κ3) is 6.62. The molecular weight excluding hydrogens is 224 g/mol. The molecule has 0 aliphatic heterocycles. The van der Waals surface area contributed by atoms with Crippen LogP contribution in [0.4, 0.5) is 5.69 Å². The smallest absolute Gasteiger partial charge is 0.0467 e. The van der Waals surface area contributed by atoms with Crippen LogP contribution in [0.1, 0.15) is 20.3 Å². The number of para-hydroxylation sites is 1. The van der Waals surface area contributed by atoms with Crippen LogP contribution in [0.2, 0.25) is 0 Å². The van der Waals surface area contributed by atoms with E-state index in [4.69, 9.17) is 4.74 Å². The third-order valence-electron chi connectivity index (χ3n) is 2.99. The van der Waals surface area contributed by atoms with E-state index in [1.165, 1.54) is 5.69 Å². The molecule has 0 bridgehead atoms. The fourth-order valence-corrected chi connectivity index (χ4v) is 1.74. The molecule has 0 saturated heterocycles. The van der Waals surface area contributed by atoms with Crippen LogP contribution in [0.15, 0.2) is 30.3 Å². The van der Waals surface area contributed by atoms with Crippen molar-refractivity contribution in [2.45, 2.75) is 20.3 Å². The highest BCUT2D eigenvalue weighted by molar-refractivity contribution is 5.42. The Bertz CT molecular complexity index is 312. The number of hydrogen-bond donors (Lipinski definition) is 2. The van der Waals surface area contributed by atoms with Crippen molar-refractivity contribution in [1.29, 1.82) is 0 Å². The summed E-state index contributed by atoms with van der Waals surface area (Å²) >= 11 is 0. The average molecular weight is 250 g/mol. The second-order valence-corrected chi connectivity index (χ2v) is 5.38. The van der Waals surface area contributed by atoms with Crippen molar-refractivity contribution < 1.29 is 4.74 Å². The molecule has 0 aromatic heterocycles. The van der Waals surface area contributed by atoms with E-state index in [1.54, 1.807) is 7.11 Å². The summed E-state index contributed by atoms with van der Waals surface area (Å²) in [6, 6.07) is 10.3. The molecule has 0 spiro atoms. The highest BCUT2D eigenvalue weighted by Gasteiger charge is 2.16. The molecule has 0 aliphatic rings. The average Bonchev–Trinajstić information content (AvgIpc) is 2.37. The summed E-state index contributed by atoms with van der Waals surface area (Å²) in [6.07, 6.45) is 1.09. The van der Waals surface area contributed by atoms with Gasteiger partial charge >= 0.3 is 0 Å². The van der Waals surface area contributed by atoms with Gasteiger partial charge in [0, 0.05) is 39.0 Å². The fourth-order valence-electron chi connectivity index (χ4n) is 1.74. The van der Waals surface area contributed by atoms with Gasteiger partial charge in [-0.05, 0) is 24.0 Å². The lowest BCUT2D eigenvalue weighted by molar-refractivity contribution is 0.151. The summed E-state index contributed by atoms with van der Waals surface area (Å²) in [6.45, 7) is 8.31. The first kappa shape index (κ1) is 15.0. The van der Waals surface area contributed by atoms with E-state index >= 15 is 0 Å². The Morgan fingerprint density at radius 1 is 1.11 bits per heavy atom. The highest BCUT2D eigenvalue weighted by Crippen LogP contribution is 2.18. The standard InChI is InChI=1S/C15H26N2O/c1-15(2,9-12-18-3)13-16-10-11-17-14-7-5-4-6-8-14/h4-8,16-17H,9-13H2,1-3H3. The largest absolute Gasteiger partial charge is 0.385 e. The van der Waals surface area contributed by atoms with E-state index in [2.05, 4.69) is 36.6 Å². The molecule has 0 atom stereocenters. The van der Waals surface area contributed by atoms with E-state index in [0.29, 0.717) is 5.41 Å². The number of hydrogen-bond acceptors (Lipinski definition) is 3. The number of ether oxygens (including phenoxy) is 1. The van der Waals surface area contributed by atoms with Crippen LogP contribution in [-0.2, 0) is 4.74 Å². The Morgan fingerprint density at radius 3 is 2.50 bits per heavy atom. The molecule has 0 fully saturated rings. The van der Waals surface area contributed by atoms with Crippen LogP contribution >= 0.6 is 0 Å². The SMILES string of the molecule is COCCC(C)(C)CNCCNc1ccccc1. The van der Waals surface area contributed by atoms with E-state index in [-0.39, 0.29) is 0 Å². The molecule has 2 N–H and O–H groups in total. The summed E-state index contributed by atoms with van der Waals surface area (Å²) in [5.41, 5.74) is 1.47. The zero-order valence-electron chi connectivity index (χ0n) is 11.8. The van der Waals surface area contributed by atoms with Gasteiger partial charge in [0.2, 0.25) is 0 Å². The van der Waals surface area contributed by atoms with Crippen LogP contribution < -0.4 is 10.6 Å². The molecule has 102 valence electrons. The zero-order chi connectivity index (χ0) is 13.3. The van der Waals surface area contributed by atoms with Crippen LogP contribution in [0, 0.1) is 5.41 Å². The zero-order valence-corrected chi connectivity index (χ0v) is 11.8. The number of rotatable bonds is 9. The van der Waals surface area contributed by atoms with Crippen molar-refractivity contribution in [2.75, 3.05) is 38.7 Å². The van der Waals surface area contributed by atoms with Gasteiger partial charge in [0.15, 0.2) is 0 Å². The first-order valence-electron chi connectivity index (χ1n) is 6.63. The quantitative estimate of drug-likeness (QED) is 0.661. The van der Waals surface area contributed by atoms with Crippen LogP contribution in [0.25, 0.3) is 0 Å². The van der Waals surface area contributed by atoms with E-state index < -0.39 is 0 Å². The van der Waals surface area contributed by atoms with Crippen molar-refractivity contribution in [1.82, 2.24) is 5.32 Å². The second-order valence-electron chi connectivity index (χ2n) is 5.38. The molecule has 0 unspecified atom stereocenters.